The Morgan fingerprint density at radius 1 is 1.11 bits per heavy atom. The molecule has 1 saturated carbocycles. The van der Waals surface area contributed by atoms with Crippen LogP contribution in [0.4, 0.5) is 0 Å². The zero-order chi connectivity index (χ0) is 14.1. The van der Waals surface area contributed by atoms with Crippen molar-refractivity contribution in [3.8, 4) is 0 Å². The van der Waals surface area contributed by atoms with Crippen LogP contribution in [0.25, 0.3) is 0 Å². The summed E-state index contributed by atoms with van der Waals surface area (Å²) >= 11 is 0. The molecule has 112 valence electrons. The van der Waals surface area contributed by atoms with Crippen LogP contribution >= 0.6 is 0 Å². The number of nitrogens with two attached hydrogens (primary N) is 1. The Hall–Kier alpha value is -0.120. The van der Waals surface area contributed by atoms with E-state index in [-0.39, 0.29) is 5.41 Å². The van der Waals surface area contributed by atoms with E-state index in [4.69, 9.17) is 10.5 Å². The molecule has 0 amide bonds. The molecule has 1 aliphatic carbocycles. The number of ether oxygens (including phenoxy) is 1. The first-order valence-corrected chi connectivity index (χ1v) is 7.83. The molecule has 3 N–H and O–H groups in total. The molecule has 1 aliphatic heterocycles. The van der Waals surface area contributed by atoms with Gasteiger partial charge in [-0.2, -0.15) is 0 Å². The lowest BCUT2D eigenvalue weighted by Crippen LogP contribution is -2.57. The van der Waals surface area contributed by atoms with E-state index in [1.54, 1.807) is 0 Å². The lowest BCUT2D eigenvalue weighted by Gasteiger charge is -2.53. The van der Waals surface area contributed by atoms with Gasteiger partial charge >= 0.3 is 0 Å². The molecular weight excluding hydrogens is 238 g/mol. The van der Waals surface area contributed by atoms with E-state index in [0.717, 1.165) is 31.6 Å². The van der Waals surface area contributed by atoms with Crippen molar-refractivity contribution >= 4 is 0 Å². The molecule has 0 atom stereocenters. The molecule has 1 saturated heterocycles. The highest BCUT2D eigenvalue weighted by Gasteiger charge is 2.52. The second kappa shape index (κ2) is 5.34. The lowest BCUT2D eigenvalue weighted by atomic mass is 9.56. The van der Waals surface area contributed by atoms with Crippen LogP contribution in [0, 0.1) is 16.7 Å². The molecule has 0 aromatic rings. The van der Waals surface area contributed by atoms with Gasteiger partial charge < -0.3 is 15.6 Å². The monoisotopic (exact) mass is 269 g/mol. The van der Waals surface area contributed by atoms with Gasteiger partial charge in [-0.25, -0.2) is 0 Å². The third kappa shape index (κ3) is 2.84. The minimum absolute atomic E-state index is 0.0709. The van der Waals surface area contributed by atoms with Crippen molar-refractivity contribution < 1.29 is 9.84 Å². The van der Waals surface area contributed by atoms with E-state index in [9.17, 15) is 5.11 Å². The van der Waals surface area contributed by atoms with Gasteiger partial charge in [0.1, 0.15) is 0 Å². The third-order valence-corrected chi connectivity index (χ3v) is 5.87. The molecule has 1 heterocycles. The molecule has 3 heteroatoms. The van der Waals surface area contributed by atoms with E-state index < -0.39 is 5.60 Å². The van der Waals surface area contributed by atoms with Crippen molar-refractivity contribution in [2.75, 3.05) is 19.8 Å². The molecule has 2 aliphatic rings. The predicted octanol–water partition coefficient (Wildman–Crippen LogP) is 2.71. The van der Waals surface area contributed by atoms with Gasteiger partial charge in [-0.15, -0.1) is 0 Å². The summed E-state index contributed by atoms with van der Waals surface area (Å²) in [4.78, 5) is 0. The van der Waals surface area contributed by atoms with Crippen LogP contribution in [-0.2, 0) is 4.74 Å². The summed E-state index contributed by atoms with van der Waals surface area (Å²) in [5.41, 5.74) is 5.82. The third-order valence-electron chi connectivity index (χ3n) is 5.87. The molecule has 2 fully saturated rings. The van der Waals surface area contributed by atoms with Crippen molar-refractivity contribution in [2.24, 2.45) is 22.5 Å². The first kappa shape index (κ1) is 15.3. The minimum atomic E-state index is -0.594. The zero-order valence-electron chi connectivity index (χ0n) is 12.9. The highest BCUT2D eigenvalue weighted by atomic mass is 16.5. The van der Waals surface area contributed by atoms with Crippen molar-refractivity contribution in [1.29, 1.82) is 0 Å². The van der Waals surface area contributed by atoms with Gasteiger partial charge in [0, 0.05) is 38.0 Å². The Bertz CT molecular complexity index is 294. The molecule has 0 aromatic carbocycles. The van der Waals surface area contributed by atoms with Gasteiger partial charge in [0.05, 0.1) is 5.60 Å². The quantitative estimate of drug-likeness (QED) is 0.810. The van der Waals surface area contributed by atoms with E-state index >= 15 is 0 Å². The molecule has 0 bridgehead atoms. The summed E-state index contributed by atoms with van der Waals surface area (Å²) in [6.45, 7) is 8.96. The number of rotatable bonds is 2. The maximum atomic E-state index is 11.1. The number of aliphatic hydroxyl groups is 1. The van der Waals surface area contributed by atoms with Crippen LogP contribution in [-0.4, -0.2) is 30.5 Å². The van der Waals surface area contributed by atoms with E-state index in [0.29, 0.717) is 25.2 Å². The van der Waals surface area contributed by atoms with Gasteiger partial charge in [0.2, 0.25) is 0 Å². The Balaban J connectivity index is 2.09. The van der Waals surface area contributed by atoms with Crippen LogP contribution in [0.15, 0.2) is 0 Å². The van der Waals surface area contributed by atoms with Crippen LogP contribution in [0.2, 0.25) is 0 Å². The maximum Gasteiger partial charge on any atom is 0.0759 e. The molecular formula is C16H31NO2. The summed E-state index contributed by atoms with van der Waals surface area (Å²) < 4.78 is 5.42. The standard InChI is InChI=1S/C16H31NO2/c1-14(2,3)13-4-6-15(12-17,7-5-13)16(18)8-10-19-11-9-16/h13,18H,4-12,17H2,1-3H3. The summed E-state index contributed by atoms with van der Waals surface area (Å²) in [6.07, 6.45) is 6.05. The molecule has 0 radical (unpaired) electrons. The second-order valence-corrected chi connectivity index (χ2v) is 7.77. The highest BCUT2D eigenvalue weighted by Crippen LogP contribution is 2.52. The van der Waals surface area contributed by atoms with Crippen LogP contribution < -0.4 is 5.73 Å². The first-order valence-electron chi connectivity index (χ1n) is 7.83. The average Bonchev–Trinajstić information content (AvgIpc) is 2.38. The van der Waals surface area contributed by atoms with Gasteiger partial charge in [0.25, 0.3) is 0 Å². The van der Waals surface area contributed by atoms with Crippen LogP contribution in [0.3, 0.4) is 0 Å². The molecule has 0 spiro atoms. The van der Waals surface area contributed by atoms with Crippen molar-refractivity contribution in [2.45, 2.75) is 64.9 Å². The summed E-state index contributed by atoms with van der Waals surface area (Å²) in [5, 5.41) is 11.1. The van der Waals surface area contributed by atoms with Gasteiger partial charge in [-0.05, 0) is 37.0 Å². The zero-order valence-corrected chi connectivity index (χ0v) is 12.9. The fraction of sp³-hybridized carbons (Fsp3) is 1.00. The van der Waals surface area contributed by atoms with Gasteiger partial charge in [-0.3, -0.25) is 0 Å². The van der Waals surface area contributed by atoms with E-state index in [2.05, 4.69) is 20.8 Å². The largest absolute Gasteiger partial charge is 0.389 e. The Kier molecular flexibility index (Phi) is 4.29. The molecule has 2 rings (SSSR count). The first-order chi connectivity index (χ1) is 8.83. The van der Waals surface area contributed by atoms with E-state index in [1.807, 2.05) is 0 Å². The number of hydrogen-bond acceptors (Lipinski definition) is 3. The Morgan fingerprint density at radius 3 is 2.05 bits per heavy atom. The molecule has 0 unspecified atom stereocenters. The van der Waals surface area contributed by atoms with Crippen LogP contribution in [0.5, 0.6) is 0 Å². The lowest BCUT2D eigenvalue weighted by molar-refractivity contribution is -0.159. The van der Waals surface area contributed by atoms with E-state index in [1.165, 1.54) is 12.8 Å². The maximum absolute atomic E-state index is 11.1. The summed E-state index contributed by atoms with van der Waals surface area (Å²) in [6, 6.07) is 0. The SMILES string of the molecule is CC(C)(C)C1CCC(CN)(C2(O)CCOCC2)CC1. The van der Waals surface area contributed by atoms with Crippen molar-refractivity contribution in [1.82, 2.24) is 0 Å². The second-order valence-electron chi connectivity index (χ2n) is 7.77. The van der Waals surface area contributed by atoms with Gasteiger partial charge in [0.15, 0.2) is 0 Å². The number of hydrogen-bond donors (Lipinski definition) is 2. The van der Waals surface area contributed by atoms with Gasteiger partial charge in [-0.1, -0.05) is 20.8 Å². The Labute approximate surface area is 117 Å². The minimum Gasteiger partial charge on any atom is -0.389 e. The normalized spacial score (nSPS) is 36.2. The highest BCUT2D eigenvalue weighted by molar-refractivity contribution is 5.03. The molecule has 19 heavy (non-hydrogen) atoms. The summed E-state index contributed by atoms with van der Waals surface area (Å²) in [5.74, 6) is 0.760. The topological polar surface area (TPSA) is 55.5 Å². The fourth-order valence-corrected chi connectivity index (χ4v) is 4.14. The molecule has 3 nitrogen and oxygen atoms in total. The smallest absolute Gasteiger partial charge is 0.0759 e. The summed E-state index contributed by atoms with van der Waals surface area (Å²) in [7, 11) is 0. The predicted molar refractivity (Wildman–Crippen MR) is 77.9 cm³/mol. The van der Waals surface area contributed by atoms with Crippen molar-refractivity contribution in [3.63, 3.8) is 0 Å². The van der Waals surface area contributed by atoms with Crippen LogP contribution in [0.1, 0.15) is 59.3 Å². The Morgan fingerprint density at radius 2 is 1.63 bits per heavy atom. The molecule has 0 aromatic heterocycles. The van der Waals surface area contributed by atoms with Crippen molar-refractivity contribution in [3.05, 3.63) is 0 Å². The average molecular weight is 269 g/mol. The fourth-order valence-electron chi connectivity index (χ4n) is 4.14.